The van der Waals surface area contributed by atoms with E-state index >= 15 is 0 Å². The van der Waals surface area contributed by atoms with Crippen LogP contribution in [0.15, 0.2) is 23.2 Å². The number of nitrogen functional groups attached to an aromatic ring is 1. The Bertz CT molecular complexity index is 429. The van der Waals surface area contributed by atoms with Crippen LogP contribution in [0.1, 0.15) is 24.0 Å². The van der Waals surface area contributed by atoms with Crippen molar-refractivity contribution in [3.05, 3.63) is 29.3 Å². The summed E-state index contributed by atoms with van der Waals surface area (Å²) in [5.74, 6) is 0. The van der Waals surface area contributed by atoms with Gasteiger partial charge in [-0.2, -0.15) is 0 Å². The first-order valence-electron chi connectivity index (χ1n) is 5.08. The molecule has 0 heterocycles. The number of rotatable bonds is 3. The molecule has 0 aromatic heterocycles. The Morgan fingerprint density at radius 2 is 2.27 bits per heavy atom. The maximum absolute atomic E-state index is 6.00. The molecule has 1 aliphatic carbocycles. The summed E-state index contributed by atoms with van der Waals surface area (Å²) >= 11 is 4.61. The molecular weight excluding hydrogens is 204 g/mol. The first-order valence-corrected chi connectivity index (χ1v) is 5.49. The smallest absolute Gasteiger partial charge is 0.0590 e. The molecule has 0 saturated heterocycles. The predicted octanol–water partition coefficient (Wildman–Crippen LogP) is 2.71. The highest BCUT2D eigenvalue weighted by molar-refractivity contribution is 7.78. The molecule has 1 saturated carbocycles. The number of thiocarbonyl (C=S) groups is 1. The van der Waals surface area contributed by atoms with Gasteiger partial charge in [-0.3, -0.25) is 0 Å². The average molecular weight is 218 g/mol. The lowest BCUT2D eigenvalue weighted by Crippen LogP contribution is -2.13. The van der Waals surface area contributed by atoms with E-state index in [0.29, 0.717) is 0 Å². The van der Waals surface area contributed by atoms with Crippen molar-refractivity contribution >= 4 is 23.1 Å². The standard InChI is InChI=1S/C12H14N2S/c1-9-2-3-11(13)10(6-9)12(4-5-12)7-14-8-15/h2-3,6H,4-5,7,13H2,1H3. The number of hydrogen-bond donors (Lipinski definition) is 1. The lowest BCUT2D eigenvalue weighted by atomic mass is 9.93. The van der Waals surface area contributed by atoms with E-state index in [1.807, 2.05) is 12.1 Å². The van der Waals surface area contributed by atoms with Crippen molar-refractivity contribution in [3.8, 4) is 0 Å². The molecule has 1 fully saturated rings. The van der Waals surface area contributed by atoms with Gasteiger partial charge in [-0.25, -0.2) is 4.99 Å². The Kier molecular flexibility index (Phi) is 2.59. The van der Waals surface area contributed by atoms with Gasteiger partial charge in [-0.15, -0.1) is 0 Å². The van der Waals surface area contributed by atoms with E-state index in [0.717, 1.165) is 25.1 Å². The quantitative estimate of drug-likeness (QED) is 0.481. The van der Waals surface area contributed by atoms with Gasteiger partial charge in [0.15, 0.2) is 0 Å². The van der Waals surface area contributed by atoms with Crippen LogP contribution in [-0.2, 0) is 5.41 Å². The third-order valence-electron chi connectivity index (χ3n) is 3.08. The zero-order valence-corrected chi connectivity index (χ0v) is 9.60. The largest absolute Gasteiger partial charge is 0.398 e. The molecule has 0 radical (unpaired) electrons. The topological polar surface area (TPSA) is 38.4 Å². The summed E-state index contributed by atoms with van der Waals surface area (Å²) in [6.45, 7) is 2.81. The zero-order valence-electron chi connectivity index (χ0n) is 8.79. The molecule has 0 bridgehead atoms. The van der Waals surface area contributed by atoms with Crippen molar-refractivity contribution in [3.63, 3.8) is 0 Å². The third kappa shape index (κ3) is 1.94. The molecule has 0 atom stereocenters. The summed E-state index contributed by atoms with van der Waals surface area (Å²) < 4.78 is 0. The maximum Gasteiger partial charge on any atom is 0.0590 e. The number of nitrogens with two attached hydrogens (primary N) is 1. The van der Waals surface area contributed by atoms with Gasteiger partial charge in [-0.1, -0.05) is 17.7 Å². The van der Waals surface area contributed by atoms with E-state index < -0.39 is 0 Å². The van der Waals surface area contributed by atoms with Crippen LogP contribution in [0, 0.1) is 6.92 Å². The molecule has 2 rings (SSSR count). The normalized spacial score (nSPS) is 16.9. The number of aryl methyl sites for hydroxylation is 1. The highest BCUT2D eigenvalue weighted by Crippen LogP contribution is 2.50. The van der Waals surface area contributed by atoms with Gasteiger partial charge < -0.3 is 5.73 Å². The van der Waals surface area contributed by atoms with E-state index in [9.17, 15) is 0 Å². The summed E-state index contributed by atoms with van der Waals surface area (Å²) in [5, 5.41) is 2.44. The van der Waals surface area contributed by atoms with Crippen LogP contribution >= 0.6 is 12.2 Å². The number of nitrogens with zero attached hydrogens (tertiary/aromatic N) is 1. The molecule has 1 aliphatic rings. The Balaban J connectivity index is 2.36. The minimum absolute atomic E-state index is 0.155. The van der Waals surface area contributed by atoms with Gasteiger partial charge in [0.05, 0.1) is 11.7 Å². The van der Waals surface area contributed by atoms with Crippen molar-refractivity contribution in [1.29, 1.82) is 0 Å². The monoisotopic (exact) mass is 218 g/mol. The fourth-order valence-corrected chi connectivity index (χ4v) is 2.04. The first-order chi connectivity index (χ1) is 7.18. The lowest BCUT2D eigenvalue weighted by molar-refractivity contribution is 0.711. The van der Waals surface area contributed by atoms with E-state index in [-0.39, 0.29) is 5.41 Å². The molecule has 2 N–H and O–H groups in total. The minimum atomic E-state index is 0.155. The molecule has 0 amide bonds. The third-order valence-corrected chi connectivity index (χ3v) is 3.21. The first kappa shape index (κ1) is 10.3. The second-order valence-corrected chi connectivity index (χ2v) is 4.46. The van der Waals surface area contributed by atoms with E-state index in [4.69, 9.17) is 5.73 Å². The Hall–Kier alpha value is -1.18. The number of benzene rings is 1. The summed E-state index contributed by atoms with van der Waals surface area (Å²) in [4.78, 5) is 4.06. The fourth-order valence-electron chi connectivity index (χ4n) is 1.98. The van der Waals surface area contributed by atoms with Crippen LogP contribution in [0.25, 0.3) is 0 Å². The van der Waals surface area contributed by atoms with Crippen molar-refractivity contribution in [2.75, 3.05) is 12.3 Å². The number of hydrogen-bond acceptors (Lipinski definition) is 3. The molecule has 0 unspecified atom stereocenters. The van der Waals surface area contributed by atoms with Crippen molar-refractivity contribution in [2.24, 2.45) is 4.99 Å². The highest BCUT2D eigenvalue weighted by Gasteiger charge is 2.45. The van der Waals surface area contributed by atoms with Crippen molar-refractivity contribution in [1.82, 2.24) is 0 Å². The van der Waals surface area contributed by atoms with Gasteiger partial charge in [0.1, 0.15) is 0 Å². The summed E-state index contributed by atoms with van der Waals surface area (Å²) in [5.41, 5.74) is 9.51. The van der Waals surface area contributed by atoms with E-state index in [1.54, 1.807) is 0 Å². The summed E-state index contributed by atoms with van der Waals surface area (Å²) in [6, 6.07) is 6.18. The van der Waals surface area contributed by atoms with Crippen LogP contribution < -0.4 is 5.73 Å². The highest BCUT2D eigenvalue weighted by atomic mass is 32.1. The Morgan fingerprint density at radius 3 is 2.87 bits per heavy atom. The second kappa shape index (κ2) is 3.76. The van der Waals surface area contributed by atoms with E-state index in [2.05, 4.69) is 35.4 Å². The van der Waals surface area contributed by atoms with Crippen LogP contribution in [0.3, 0.4) is 0 Å². The number of anilines is 1. The molecular formula is C12H14N2S. The zero-order chi connectivity index (χ0) is 10.9. The van der Waals surface area contributed by atoms with Crippen LogP contribution in [-0.4, -0.2) is 11.7 Å². The van der Waals surface area contributed by atoms with Crippen LogP contribution in [0.2, 0.25) is 0 Å². The van der Waals surface area contributed by atoms with Gasteiger partial charge >= 0.3 is 0 Å². The molecule has 1 aromatic carbocycles. The summed E-state index contributed by atoms with van der Waals surface area (Å²) in [7, 11) is 0. The molecule has 0 aliphatic heterocycles. The molecule has 78 valence electrons. The van der Waals surface area contributed by atoms with Crippen LogP contribution in [0.5, 0.6) is 0 Å². The lowest BCUT2D eigenvalue weighted by Gasteiger charge is -2.15. The molecule has 0 spiro atoms. The Labute approximate surface area is 95.2 Å². The van der Waals surface area contributed by atoms with E-state index in [1.165, 1.54) is 11.1 Å². The second-order valence-electron chi connectivity index (χ2n) is 4.28. The van der Waals surface area contributed by atoms with Crippen molar-refractivity contribution < 1.29 is 0 Å². The molecule has 3 heteroatoms. The van der Waals surface area contributed by atoms with Crippen molar-refractivity contribution in [2.45, 2.75) is 25.2 Å². The average Bonchev–Trinajstić information content (AvgIpc) is 3.00. The van der Waals surface area contributed by atoms with Crippen LogP contribution in [0.4, 0.5) is 5.69 Å². The predicted molar refractivity (Wildman–Crippen MR) is 66.4 cm³/mol. The fraction of sp³-hybridized carbons (Fsp3) is 0.417. The Morgan fingerprint density at radius 1 is 1.53 bits per heavy atom. The molecule has 2 nitrogen and oxygen atoms in total. The maximum atomic E-state index is 6.00. The SMILES string of the molecule is Cc1ccc(N)c(C2(CN=C=S)CC2)c1. The van der Waals surface area contributed by atoms with Gasteiger partial charge in [-0.05, 0) is 43.6 Å². The molecule has 15 heavy (non-hydrogen) atoms. The molecule has 1 aromatic rings. The van der Waals surface area contributed by atoms with Gasteiger partial charge in [0, 0.05) is 11.1 Å². The summed E-state index contributed by atoms with van der Waals surface area (Å²) in [6.07, 6.45) is 2.31. The van der Waals surface area contributed by atoms with Gasteiger partial charge in [0.25, 0.3) is 0 Å². The number of isothiocyanates is 1. The number of aliphatic imine (C=N–C) groups is 1. The van der Waals surface area contributed by atoms with Gasteiger partial charge in [0.2, 0.25) is 0 Å². The minimum Gasteiger partial charge on any atom is -0.398 e.